The van der Waals surface area contributed by atoms with Crippen molar-refractivity contribution in [2.24, 2.45) is 5.41 Å². The number of likely N-dealkylation sites (tertiary alicyclic amines) is 1. The Balaban J connectivity index is 2.38. The van der Waals surface area contributed by atoms with Crippen LogP contribution in [0.2, 0.25) is 0 Å². The molecular weight excluding hydrogens is 192 g/mol. The largest absolute Gasteiger partial charge is 0.384 e. The van der Waals surface area contributed by atoms with Crippen molar-refractivity contribution in [3.63, 3.8) is 0 Å². The molecule has 1 rings (SSSR count). The maximum atomic E-state index is 11.6. The Morgan fingerprint density at radius 3 is 2.60 bits per heavy atom. The van der Waals surface area contributed by atoms with Gasteiger partial charge in [-0.2, -0.15) is 5.26 Å². The van der Waals surface area contributed by atoms with Gasteiger partial charge in [0.15, 0.2) is 0 Å². The Bertz CT molecular complexity index is 262. The maximum absolute atomic E-state index is 11.6. The molecule has 0 bridgehead atoms. The topological polar surface area (TPSA) is 53.3 Å². The Morgan fingerprint density at radius 1 is 1.53 bits per heavy atom. The molecule has 4 heteroatoms. The van der Waals surface area contributed by atoms with Gasteiger partial charge in [0, 0.05) is 20.2 Å². The zero-order chi connectivity index (χ0) is 11.3. The number of piperidine rings is 1. The van der Waals surface area contributed by atoms with Crippen LogP contribution >= 0.6 is 0 Å². The van der Waals surface area contributed by atoms with Crippen molar-refractivity contribution in [2.45, 2.75) is 26.2 Å². The average Bonchev–Trinajstić information content (AvgIpc) is 2.27. The number of amides is 1. The van der Waals surface area contributed by atoms with Crippen LogP contribution in [-0.4, -0.2) is 37.6 Å². The van der Waals surface area contributed by atoms with E-state index >= 15 is 0 Å². The van der Waals surface area contributed by atoms with Gasteiger partial charge in [0.25, 0.3) is 0 Å². The van der Waals surface area contributed by atoms with Crippen LogP contribution in [0.1, 0.15) is 26.2 Å². The van der Waals surface area contributed by atoms with Gasteiger partial charge in [-0.05, 0) is 19.8 Å². The lowest BCUT2D eigenvalue weighted by Crippen LogP contribution is -2.41. The third-order valence-electron chi connectivity index (χ3n) is 3.01. The predicted octanol–water partition coefficient (Wildman–Crippen LogP) is 1.18. The lowest BCUT2D eigenvalue weighted by atomic mass is 9.82. The Labute approximate surface area is 90.8 Å². The summed E-state index contributed by atoms with van der Waals surface area (Å²) in [6.07, 6.45) is 2.00. The molecule has 1 aliphatic rings. The van der Waals surface area contributed by atoms with Gasteiger partial charge < -0.3 is 9.64 Å². The molecule has 1 aliphatic heterocycles. The zero-order valence-corrected chi connectivity index (χ0v) is 9.45. The van der Waals surface area contributed by atoms with Crippen LogP contribution in [-0.2, 0) is 9.53 Å². The normalized spacial score (nSPS) is 19.7. The first-order valence-electron chi connectivity index (χ1n) is 5.29. The molecule has 1 saturated heterocycles. The monoisotopic (exact) mass is 210 g/mol. The second-order valence-corrected chi connectivity index (χ2v) is 4.30. The third kappa shape index (κ3) is 3.21. The van der Waals surface area contributed by atoms with E-state index in [1.54, 1.807) is 7.11 Å². The van der Waals surface area contributed by atoms with Crippen molar-refractivity contribution in [1.29, 1.82) is 5.26 Å². The van der Waals surface area contributed by atoms with Crippen LogP contribution in [0.5, 0.6) is 0 Å². The van der Waals surface area contributed by atoms with E-state index in [2.05, 4.69) is 6.07 Å². The highest BCUT2D eigenvalue weighted by atomic mass is 16.5. The van der Waals surface area contributed by atoms with Crippen molar-refractivity contribution >= 4 is 5.91 Å². The Kier molecular flexibility index (Phi) is 4.10. The minimum absolute atomic E-state index is 0.136. The number of methoxy groups -OCH3 is 1. The SMILES string of the molecule is COCCC(=O)N1CCC(C)(C#N)CC1. The fourth-order valence-corrected chi connectivity index (χ4v) is 1.71. The van der Waals surface area contributed by atoms with Crippen LogP contribution in [0.4, 0.5) is 0 Å². The molecule has 1 fully saturated rings. The molecule has 0 aromatic heterocycles. The van der Waals surface area contributed by atoms with Gasteiger partial charge >= 0.3 is 0 Å². The van der Waals surface area contributed by atoms with Gasteiger partial charge in [0.1, 0.15) is 0 Å². The Hall–Kier alpha value is -1.08. The lowest BCUT2D eigenvalue weighted by Gasteiger charge is -2.34. The number of hydrogen-bond donors (Lipinski definition) is 0. The maximum Gasteiger partial charge on any atom is 0.224 e. The summed E-state index contributed by atoms with van der Waals surface area (Å²) < 4.78 is 4.87. The number of nitrogens with zero attached hydrogens (tertiary/aromatic N) is 2. The number of carbonyl (C=O) groups excluding carboxylic acids is 1. The van der Waals surface area contributed by atoms with Crippen LogP contribution < -0.4 is 0 Å². The highest BCUT2D eigenvalue weighted by molar-refractivity contribution is 5.76. The van der Waals surface area contributed by atoms with Crippen molar-refractivity contribution < 1.29 is 9.53 Å². The van der Waals surface area contributed by atoms with Crippen molar-refractivity contribution in [3.05, 3.63) is 0 Å². The van der Waals surface area contributed by atoms with Crippen molar-refractivity contribution in [2.75, 3.05) is 26.8 Å². The molecule has 15 heavy (non-hydrogen) atoms. The number of hydrogen-bond acceptors (Lipinski definition) is 3. The average molecular weight is 210 g/mol. The van der Waals surface area contributed by atoms with Gasteiger partial charge in [-0.15, -0.1) is 0 Å². The molecule has 0 aromatic rings. The van der Waals surface area contributed by atoms with E-state index < -0.39 is 0 Å². The fraction of sp³-hybridized carbons (Fsp3) is 0.818. The summed E-state index contributed by atoms with van der Waals surface area (Å²) in [5.41, 5.74) is -0.238. The van der Waals surface area contributed by atoms with Gasteiger partial charge in [0.05, 0.1) is 24.5 Å². The van der Waals surface area contributed by atoms with Crippen LogP contribution in [0.15, 0.2) is 0 Å². The molecule has 84 valence electrons. The molecule has 0 aromatic carbocycles. The number of carbonyl (C=O) groups is 1. The summed E-state index contributed by atoms with van der Waals surface area (Å²) >= 11 is 0. The van der Waals surface area contributed by atoms with Gasteiger partial charge in [-0.25, -0.2) is 0 Å². The summed E-state index contributed by atoms with van der Waals surface area (Å²) in [6.45, 7) is 3.84. The van der Waals surface area contributed by atoms with E-state index in [0.717, 1.165) is 12.8 Å². The fourth-order valence-electron chi connectivity index (χ4n) is 1.71. The quantitative estimate of drug-likeness (QED) is 0.702. The Morgan fingerprint density at radius 2 is 2.13 bits per heavy atom. The highest BCUT2D eigenvalue weighted by Gasteiger charge is 2.31. The molecule has 1 amide bonds. The van der Waals surface area contributed by atoms with Gasteiger partial charge in [-0.3, -0.25) is 4.79 Å². The van der Waals surface area contributed by atoms with E-state index in [0.29, 0.717) is 26.1 Å². The van der Waals surface area contributed by atoms with Gasteiger partial charge in [0.2, 0.25) is 5.91 Å². The molecule has 0 N–H and O–H groups in total. The first kappa shape index (κ1) is 12.0. The van der Waals surface area contributed by atoms with E-state index in [9.17, 15) is 4.79 Å². The van der Waals surface area contributed by atoms with Crippen molar-refractivity contribution in [1.82, 2.24) is 4.90 Å². The molecule has 0 radical (unpaired) electrons. The van der Waals surface area contributed by atoms with Gasteiger partial charge in [-0.1, -0.05) is 0 Å². The molecule has 0 saturated carbocycles. The van der Waals surface area contributed by atoms with E-state index in [4.69, 9.17) is 10.00 Å². The second-order valence-electron chi connectivity index (χ2n) is 4.30. The summed E-state index contributed by atoms with van der Waals surface area (Å²) in [7, 11) is 1.59. The molecule has 1 heterocycles. The van der Waals surface area contributed by atoms with Crippen LogP contribution in [0, 0.1) is 16.7 Å². The zero-order valence-electron chi connectivity index (χ0n) is 9.45. The molecule has 4 nitrogen and oxygen atoms in total. The minimum Gasteiger partial charge on any atom is -0.384 e. The summed E-state index contributed by atoms with van der Waals surface area (Å²) in [4.78, 5) is 13.5. The molecule has 0 spiro atoms. The minimum atomic E-state index is -0.238. The van der Waals surface area contributed by atoms with E-state index in [1.807, 2.05) is 11.8 Å². The highest BCUT2D eigenvalue weighted by Crippen LogP contribution is 2.29. The summed E-state index contributed by atoms with van der Waals surface area (Å²) in [5.74, 6) is 0.136. The first-order chi connectivity index (χ1) is 7.11. The number of nitriles is 1. The predicted molar refractivity (Wildman–Crippen MR) is 56.0 cm³/mol. The summed E-state index contributed by atoms with van der Waals surface area (Å²) in [6, 6.07) is 2.32. The molecule has 0 atom stereocenters. The molecule has 0 aliphatic carbocycles. The van der Waals surface area contributed by atoms with Crippen molar-refractivity contribution in [3.8, 4) is 6.07 Å². The number of ether oxygens (including phenoxy) is 1. The number of rotatable bonds is 3. The smallest absolute Gasteiger partial charge is 0.224 e. The van der Waals surface area contributed by atoms with E-state index in [-0.39, 0.29) is 11.3 Å². The molecule has 0 unspecified atom stereocenters. The standard InChI is InChI=1S/C11H18N2O2/c1-11(9-12)4-6-13(7-5-11)10(14)3-8-15-2/h3-8H2,1-2H3. The van der Waals surface area contributed by atoms with Crippen LogP contribution in [0.3, 0.4) is 0 Å². The summed E-state index contributed by atoms with van der Waals surface area (Å²) in [5, 5.41) is 8.94. The molecular formula is C11H18N2O2. The third-order valence-corrected chi connectivity index (χ3v) is 3.01. The second kappa shape index (κ2) is 5.13. The lowest BCUT2D eigenvalue weighted by molar-refractivity contribution is -0.133. The van der Waals surface area contributed by atoms with E-state index in [1.165, 1.54) is 0 Å². The van der Waals surface area contributed by atoms with Crippen LogP contribution in [0.25, 0.3) is 0 Å². The first-order valence-corrected chi connectivity index (χ1v) is 5.29.